The minimum Gasteiger partial charge on any atom is -0.457 e. The van der Waals surface area contributed by atoms with Crippen LogP contribution in [-0.2, 0) is 11.3 Å². The lowest BCUT2D eigenvalue weighted by Gasteiger charge is -2.15. The molecule has 0 radical (unpaired) electrons. The summed E-state index contributed by atoms with van der Waals surface area (Å²) in [5.74, 6) is -1.23. The van der Waals surface area contributed by atoms with E-state index in [4.69, 9.17) is 15.9 Å². The van der Waals surface area contributed by atoms with E-state index in [1.54, 1.807) is 42.5 Å². The number of esters is 1. The normalized spacial score (nSPS) is 10.6. The topological polar surface area (TPSA) is 147 Å². The van der Waals surface area contributed by atoms with E-state index >= 15 is 0 Å². The fraction of sp³-hybridized carbons (Fsp3) is 0.156. The van der Waals surface area contributed by atoms with E-state index in [9.17, 15) is 14.4 Å². The highest BCUT2D eigenvalue weighted by Gasteiger charge is 2.22. The summed E-state index contributed by atoms with van der Waals surface area (Å²) in [6, 6.07) is 22.2. The van der Waals surface area contributed by atoms with Crippen LogP contribution in [0.15, 0.2) is 91.3 Å². The van der Waals surface area contributed by atoms with Gasteiger partial charge in [-0.15, -0.1) is 0 Å². The molecule has 5 N–H and O–H groups in total. The quantitative estimate of drug-likeness (QED) is 0.124. The van der Waals surface area contributed by atoms with Crippen molar-refractivity contribution in [2.45, 2.75) is 20.5 Å². The molecule has 0 unspecified atom stereocenters. The molecule has 9 nitrogen and oxygen atoms in total. The molecule has 4 rings (SSSR count). The van der Waals surface area contributed by atoms with E-state index in [2.05, 4.69) is 15.6 Å². The molecule has 41 heavy (non-hydrogen) atoms. The smallest absolute Gasteiger partial charge is 0.339 e. The minimum atomic E-state index is -0.634. The highest BCUT2D eigenvalue weighted by molar-refractivity contribution is 6.11. The third-order valence-corrected chi connectivity index (χ3v) is 6.19. The Morgan fingerprint density at radius 3 is 2.24 bits per heavy atom. The van der Waals surface area contributed by atoms with Crippen molar-refractivity contribution in [1.29, 1.82) is 5.41 Å². The van der Waals surface area contributed by atoms with Gasteiger partial charge in [0, 0.05) is 35.8 Å². The van der Waals surface area contributed by atoms with E-state index in [1.807, 2.05) is 44.2 Å². The van der Waals surface area contributed by atoms with Crippen LogP contribution in [0, 0.1) is 11.3 Å². The highest BCUT2D eigenvalue weighted by atomic mass is 16.5. The molecule has 0 aliphatic carbocycles. The van der Waals surface area contributed by atoms with Crippen LogP contribution in [0.1, 0.15) is 56.0 Å². The van der Waals surface area contributed by atoms with Gasteiger partial charge in [0.2, 0.25) is 0 Å². The first-order valence-electron chi connectivity index (χ1n) is 13.1. The number of aromatic nitrogens is 1. The molecule has 0 aliphatic heterocycles. The van der Waals surface area contributed by atoms with Gasteiger partial charge in [0.15, 0.2) is 0 Å². The summed E-state index contributed by atoms with van der Waals surface area (Å²) < 4.78 is 5.62. The Kier molecular flexibility index (Phi) is 9.21. The van der Waals surface area contributed by atoms with Crippen molar-refractivity contribution in [3.8, 4) is 11.1 Å². The van der Waals surface area contributed by atoms with Gasteiger partial charge in [0.05, 0.1) is 11.1 Å². The Hall–Kier alpha value is -5.31. The molecule has 0 saturated carbocycles. The molecule has 0 fully saturated rings. The lowest BCUT2D eigenvalue weighted by molar-refractivity contribution is 0.0473. The summed E-state index contributed by atoms with van der Waals surface area (Å²) in [5, 5.41) is 13.2. The molecule has 0 saturated heterocycles. The van der Waals surface area contributed by atoms with E-state index < -0.39 is 11.9 Å². The van der Waals surface area contributed by atoms with E-state index in [0.29, 0.717) is 34.5 Å². The number of nitrogens with zero attached hydrogens (tertiary/aromatic N) is 1. The van der Waals surface area contributed by atoms with Crippen LogP contribution in [0.25, 0.3) is 11.1 Å². The van der Waals surface area contributed by atoms with Gasteiger partial charge in [0.1, 0.15) is 12.4 Å². The van der Waals surface area contributed by atoms with Crippen LogP contribution >= 0.6 is 0 Å². The van der Waals surface area contributed by atoms with Crippen LogP contribution in [0.3, 0.4) is 0 Å². The number of nitrogen functional groups attached to an aromatic ring is 1. The van der Waals surface area contributed by atoms with Crippen LogP contribution in [0.5, 0.6) is 0 Å². The number of amides is 2. The number of amidine groups is 1. The zero-order valence-electron chi connectivity index (χ0n) is 22.8. The SMILES string of the molecule is CC(C)CNC(=O)c1ccc(-c2ccncc2C(=O)Nc2ccc(C(=N)N)cc2)c(C(=O)OCc2ccccc2)c1. The number of hydrogen-bond acceptors (Lipinski definition) is 6. The lowest BCUT2D eigenvalue weighted by atomic mass is 9.94. The fourth-order valence-corrected chi connectivity index (χ4v) is 4.03. The summed E-state index contributed by atoms with van der Waals surface area (Å²) in [6.45, 7) is 4.51. The van der Waals surface area contributed by atoms with Crippen LogP contribution in [-0.4, -0.2) is 35.1 Å². The predicted molar refractivity (Wildman–Crippen MR) is 158 cm³/mol. The van der Waals surface area contributed by atoms with Gasteiger partial charge in [-0.25, -0.2) is 4.79 Å². The number of carbonyl (C=O) groups excluding carboxylic acids is 3. The summed E-state index contributed by atoms with van der Waals surface area (Å²) in [5.41, 5.74) is 8.88. The first-order chi connectivity index (χ1) is 19.7. The minimum absolute atomic E-state index is 0.0445. The van der Waals surface area contributed by atoms with Gasteiger partial charge in [-0.2, -0.15) is 0 Å². The number of anilines is 1. The zero-order chi connectivity index (χ0) is 29.4. The third kappa shape index (κ3) is 7.42. The molecular formula is C32H31N5O4. The number of nitrogens with one attached hydrogen (secondary N) is 3. The number of hydrogen-bond donors (Lipinski definition) is 4. The van der Waals surface area contributed by atoms with Gasteiger partial charge in [-0.05, 0) is 65.1 Å². The molecule has 4 aromatic rings. The van der Waals surface area contributed by atoms with E-state index in [1.165, 1.54) is 18.5 Å². The second kappa shape index (κ2) is 13.2. The van der Waals surface area contributed by atoms with Crippen LogP contribution < -0.4 is 16.4 Å². The maximum absolute atomic E-state index is 13.4. The van der Waals surface area contributed by atoms with Gasteiger partial charge >= 0.3 is 5.97 Å². The molecule has 0 atom stereocenters. The Balaban J connectivity index is 1.68. The third-order valence-electron chi connectivity index (χ3n) is 6.19. The van der Waals surface area contributed by atoms with Gasteiger partial charge in [-0.3, -0.25) is 20.0 Å². The number of pyridine rings is 1. The lowest BCUT2D eigenvalue weighted by Crippen LogP contribution is -2.27. The Bertz CT molecular complexity index is 1570. The fourth-order valence-electron chi connectivity index (χ4n) is 4.03. The predicted octanol–water partition coefficient (Wildman–Crippen LogP) is 5.03. The molecular weight excluding hydrogens is 518 g/mol. The van der Waals surface area contributed by atoms with Crippen molar-refractivity contribution in [3.05, 3.63) is 119 Å². The number of nitrogens with two attached hydrogens (primary N) is 1. The van der Waals surface area contributed by atoms with Crippen molar-refractivity contribution in [2.24, 2.45) is 11.7 Å². The van der Waals surface area contributed by atoms with Gasteiger partial charge < -0.3 is 21.1 Å². The van der Waals surface area contributed by atoms with Crippen molar-refractivity contribution in [3.63, 3.8) is 0 Å². The number of rotatable bonds is 10. The Morgan fingerprint density at radius 2 is 1.56 bits per heavy atom. The molecule has 0 aliphatic rings. The van der Waals surface area contributed by atoms with Crippen molar-refractivity contribution < 1.29 is 19.1 Å². The second-order valence-corrected chi connectivity index (χ2v) is 9.79. The molecule has 0 spiro atoms. The van der Waals surface area contributed by atoms with Crippen molar-refractivity contribution >= 4 is 29.3 Å². The molecule has 2 amide bonds. The molecule has 3 aromatic carbocycles. The maximum Gasteiger partial charge on any atom is 0.339 e. The van der Waals surface area contributed by atoms with Crippen molar-refractivity contribution in [1.82, 2.24) is 10.3 Å². The van der Waals surface area contributed by atoms with Crippen LogP contribution in [0.2, 0.25) is 0 Å². The monoisotopic (exact) mass is 549 g/mol. The zero-order valence-corrected chi connectivity index (χ0v) is 22.8. The Labute approximate surface area is 238 Å². The number of benzene rings is 3. The summed E-state index contributed by atoms with van der Waals surface area (Å²) in [6.07, 6.45) is 2.94. The molecule has 1 aromatic heterocycles. The van der Waals surface area contributed by atoms with Gasteiger partial charge in [0.25, 0.3) is 11.8 Å². The van der Waals surface area contributed by atoms with E-state index in [0.717, 1.165) is 5.56 Å². The summed E-state index contributed by atoms with van der Waals surface area (Å²) in [7, 11) is 0. The standard InChI is InChI=1S/C32H31N5O4/c1-20(2)17-36-30(38)23-10-13-25(27(16-23)32(40)41-19-21-6-4-3-5-7-21)26-14-15-35-18-28(26)31(39)37-24-11-8-22(9-12-24)29(33)34/h3-16,18,20H,17,19H2,1-2H3,(H3,33,34)(H,36,38)(H,37,39). The average Bonchev–Trinajstić information content (AvgIpc) is 2.99. The Morgan fingerprint density at radius 1 is 0.878 bits per heavy atom. The molecule has 208 valence electrons. The maximum atomic E-state index is 13.4. The largest absolute Gasteiger partial charge is 0.457 e. The van der Waals surface area contributed by atoms with Gasteiger partial charge in [-0.1, -0.05) is 50.2 Å². The summed E-state index contributed by atoms with van der Waals surface area (Å²) in [4.78, 5) is 43.7. The first kappa shape index (κ1) is 28.7. The number of carbonyl (C=O) groups is 3. The van der Waals surface area contributed by atoms with E-state index in [-0.39, 0.29) is 35.4 Å². The molecule has 1 heterocycles. The highest BCUT2D eigenvalue weighted by Crippen LogP contribution is 2.29. The molecule has 9 heteroatoms. The number of ether oxygens (including phenoxy) is 1. The van der Waals surface area contributed by atoms with Crippen LogP contribution in [0.4, 0.5) is 5.69 Å². The summed E-state index contributed by atoms with van der Waals surface area (Å²) >= 11 is 0. The first-order valence-corrected chi connectivity index (χ1v) is 13.1. The van der Waals surface area contributed by atoms with Crippen molar-refractivity contribution in [2.75, 3.05) is 11.9 Å². The molecule has 0 bridgehead atoms. The average molecular weight is 550 g/mol. The second-order valence-electron chi connectivity index (χ2n) is 9.79.